The van der Waals surface area contributed by atoms with Gasteiger partial charge in [-0.05, 0) is 42.0 Å². The van der Waals surface area contributed by atoms with Crippen molar-refractivity contribution in [3.63, 3.8) is 0 Å². The molecule has 0 bridgehead atoms. The van der Waals surface area contributed by atoms with Gasteiger partial charge in [0.1, 0.15) is 12.4 Å². The first-order valence-corrected chi connectivity index (χ1v) is 7.49. The highest BCUT2D eigenvalue weighted by Crippen LogP contribution is 2.16. The fourth-order valence-corrected chi connectivity index (χ4v) is 2.21. The third kappa shape index (κ3) is 5.08. The second-order valence-electron chi connectivity index (χ2n) is 5.70. The number of hydrogen-bond donors (Lipinski definition) is 0. The number of benzene rings is 2. The predicted molar refractivity (Wildman–Crippen MR) is 85.0 cm³/mol. The van der Waals surface area contributed by atoms with Crippen molar-refractivity contribution in [2.24, 2.45) is 5.92 Å². The topological polar surface area (TPSA) is 9.23 Å². The highest BCUT2D eigenvalue weighted by molar-refractivity contribution is 5.27. The van der Waals surface area contributed by atoms with Crippen LogP contribution in [0.2, 0.25) is 0 Å². The molecule has 20 heavy (non-hydrogen) atoms. The van der Waals surface area contributed by atoms with E-state index in [2.05, 4.69) is 50.2 Å². The molecule has 0 aliphatic heterocycles. The van der Waals surface area contributed by atoms with Gasteiger partial charge in [-0.3, -0.25) is 0 Å². The molecule has 0 fully saturated rings. The van der Waals surface area contributed by atoms with E-state index < -0.39 is 0 Å². The van der Waals surface area contributed by atoms with E-state index in [0.717, 1.165) is 18.1 Å². The van der Waals surface area contributed by atoms with Crippen LogP contribution in [0.3, 0.4) is 0 Å². The van der Waals surface area contributed by atoms with Gasteiger partial charge in [0.15, 0.2) is 0 Å². The van der Waals surface area contributed by atoms with Crippen LogP contribution in [-0.2, 0) is 13.0 Å². The van der Waals surface area contributed by atoms with Gasteiger partial charge in [0.05, 0.1) is 0 Å². The molecule has 0 aliphatic rings. The summed E-state index contributed by atoms with van der Waals surface area (Å²) in [6.07, 6.45) is 3.73. The monoisotopic (exact) mass is 268 g/mol. The third-order valence-electron chi connectivity index (χ3n) is 3.42. The molecule has 2 aromatic carbocycles. The molecule has 1 heteroatoms. The first-order valence-electron chi connectivity index (χ1n) is 7.49. The molecule has 0 unspecified atom stereocenters. The van der Waals surface area contributed by atoms with E-state index >= 15 is 0 Å². The second kappa shape index (κ2) is 7.74. The van der Waals surface area contributed by atoms with Gasteiger partial charge in [0, 0.05) is 0 Å². The second-order valence-corrected chi connectivity index (χ2v) is 5.70. The minimum atomic E-state index is 0.632. The van der Waals surface area contributed by atoms with Gasteiger partial charge in [0.25, 0.3) is 0 Å². The van der Waals surface area contributed by atoms with Crippen LogP contribution in [0.25, 0.3) is 0 Å². The number of ether oxygens (including phenoxy) is 1. The zero-order valence-corrected chi connectivity index (χ0v) is 12.5. The van der Waals surface area contributed by atoms with Crippen molar-refractivity contribution in [2.75, 3.05) is 0 Å². The maximum absolute atomic E-state index is 5.79. The van der Waals surface area contributed by atoms with Crippen molar-refractivity contribution in [1.82, 2.24) is 0 Å². The molecular formula is C19H24O. The van der Waals surface area contributed by atoms with E-state index in [0.29, 0.717) is 6.61 Å². The highest BCUT2D eigenvalue weighted by Gasteiger charge is 1.99. The third-order valence-corrected chi connectivity index (χ3v) is 3.42. The molecule has 0 heterocycles. The Balaban J connectivity index is 1.79. The summed E-state index contributed by atoms with van der Waals surface area (Å²) in [4.78, 5) is 0. The summed E-state index contributed by atoms with van der Waals surface area (Å²) in [5.41, 5.74) is 2.60. The molecule has 106 valence electrons. The molecule has 2 rings (SSSR count). The first kappa shape index (κ1) is 14.6. The summed E-state index contributed by atoms with van der Waals surface area (Å²) in [6.45, 7) is 5.19. The lowest BCUT2D eigenvalue weighted by molar-refractivity contribution is 0.306. The normalized spacial score (nSPS) is 10.8. The number of aryl methyl sites for hydroxylation is 1. The zero-order chi connectivity index (χ0) is 14.2. The molecule has 0 spiro atoms. The lowest BCUT2D eigenvalue weighted by atomic mass is 10.0. The Morgan fingerprint density at radius 2 is 1.55 bits per heavy atom. The molecule has 0 aliphatic carbocycles. The van der Waals surface area contributed by atoms with E-state index in [1.165, 1.54) is 24.0 Å². The molecule has 0 amide bonds. The van der Waals surface area contributed by atoms with Crippen molar-refractivity contribution in [3.8, 4) is 5.75 Å². The summed E-state index contributed by atoms with van der Waals surface area (Å²) in [7, 11) is 0. The van der Waals surface area contributed by atoms with Crippen LogP contribution >= 0.6 is 0 Å². The van der Waals surface area contributed by atoms with E-state index in [1.807, 2.05) is 18.2 Å². The van der Waals surface area contributed by atoms with Gasteiger partial charge in [0.2, 0.25) is 0 Å². The summed E-state index contributed by atoms with van der Waals surface area (Å²) < 4.78 is 5.79. The van der Waals surface area contributed by atoms with E-state index in [-0.39, 0.29) is 0 Å². The van der Waals surface area contributed by atoms with E-state index in [4.69, 9.17) is 4.74 Å². The Morgan fingerprint density at radius 3 is 2.20 bits per heavy atom. The summed E-state index contributed by atoms with van der Waals surface area (Å²) >= 11 is 0. The lowest BCUT2D eigenvalue weighted by Gasteiger charge is -2.08. The van der Waals surface area contributed by atoms with Crippen LogP contribution in [0.15, 0.2) is 54.6 Å². The Morgan fingerprint density at radius 1 is 0.850 bits per heavy atom. The Labute approximate surface area is 122 Å². The Hall–Kier alpha value is -1.76. The van der Waals surface area contributed by atoms with Crippen molar-refractivity contribution in [1.29, 1.82) is 0 Å². The van der Waals surface area contributed by atoms with E-state index in [1.54, 1.807) is 0 Å². The van der Waals surface area contributed by atoms with Crippen molar-refractivity contribution in [2.45, 2.75) is 39.7 Å². The van der Waals surface area contributed by atoms with Crippen molar-refractivity contribution >= 4 is 0 Å². The molecule has 0 radical (unpaired) electrons. The first-order chi connectivity index (χ1) is 9.74. The van der Waals surface area contributed by atoms with Gasteiger partial charge < -0.3 is 4.74 Å². The smallest absolute Gasteiger partial charge is 0.119 e. The summed E-state index contributed by atoms with van der Waals surface area (Å²) in [5, 5.41) is 0. The SMILES string of the molecule is CC(C)CCCc1ccc(OCc2ccccc2)cc1. The molecular weight excluding hydrogens is 244 g/mol. The number of hydrogen-bond acceptors (Lipinski definition) is 1. The Bertz CT molecular complexity index is 485. The summed E-state index contributed by atoms with van der Waals surface area (Å²) in [6, 6.07) is 18.8. The highest BCUT2D eigenvalue weighted by atomic mass is 16.5. The zero-order valence-electron chi connectivity index (χ0n) is 12.5. The fraction of sp³-hybridized carbons (Fsp3) is 0.368. The average Bonchev–Trinajstić information content (AvgIpc) is 2.47. The van der Waals surface area contributed by atoms with Crippen LogP contribution < -0.4 is 4.74 Å². The van der Waals surface area contributed by atoms with E-state index in [9.17, 15) is 0 Å². The minimum absolute atomic E-state index is 0.632. The maximum Gasteiger partial charge on any atom is 0.119 e. The Kier molecular flexibility index (Phi) is 5.67. The molecule has 0 N–H and O–H groups in total. The number of rotatable bonds is 7. The standard InChI is InChI=1S/C19H24O/c1-16(2)7-6-10-17-11-13-19(14-12-17)20-15-18-8-4-3-5-9-18/h3-5,8-9,11-14,16H,6-7,10,15H2,1-2H3. The lowest BCUT2D eigenvalue weighted by Crippen LogP contribution is -1.95. The van der Waals surface area contributed by atoms with Gasteiger partial charge in [-0.25, -0.2) is 0 Å². The van der Waals surface area contributed by atoms with Crippen LogP contribution in [-0.4, -0.2) is 0 Å². The summed E-state index contributed by atoms with van der Waals surface area (Å²) in [5.74, 6) is 1.74. The van der Waals surface area contributed by atoms with Crippen molar-refractivity contribution in [3.05, 3.63) is 65.7 Å². The van der Waals surface area contributed by atoms with Crippen molar-refractivity contribution < 1.29 is 4.74 Å². The minimum Gasteiger partial charge on any atom is -0.489 e. The van der Waals surface area contributed by atoms with Gasteiger partial charge >= 0.3 is 0 Å². The largest absolute Gasteiger partial charge is 0.489 e. The molecule has 0 atom stereocenters. The molecule has 2 aromatic rings. The quantitative estimate of drug-likeness (QED) is 0.667. The van der Waals surface area contributed by atoms with Gasteiger partial charge in [-0.15, -0.1) is 0 Å². The maximum atomic E-state index is 5.79. The molecule has 0 aromatic heterocycles. The van der Waals surface area contributed by atoms with Gasteiger partial charge in [-0.1, -0.05) is 62.7 Å². The molecule has 0 saturated carbocycles. The fourth-order valence-electron chi connectivity index (χ4n) is 2.21. The van der Waals surface area contributed by atoms with Crippen LogP contribution in [0.4, 0.5) is 0 Å². The predicted octanol–water partition coefficient (Wildman–Crippen LogP) is 5.24. The van der Waals surface area contributed by atoms with Crippen LogP contribution in [0.5, 0.6) is 5.75 Å². The average molecular weight is 268 g/mol. The van der Waals surface area contributed by atoms with Gasteiger partial charge in [-0.2, -0.15) is 0 Å². The molecule has 1 nitrogen and oxygen atoms in total. The van der Waals surface area contributed by atoms with Crippen LogP contribution in [0.1, 0.15) is 37.8 Å². The molecule has 0 saturated heterocycles. The van der Waals surface area contributed by atoms with Crippen LogP contribution in [0, 0.1) is 5.92 Å².